The number of carbonyl (C=O) groups excluding carboxylic acids is 3. The lowest BCUT2D eigenvalue weighted by Crippen LogP contribution is -2.58. The number of Topliss-reactive ketones (excluding diaryl/α,β-unsaturated/α-hetero) is 1. The molecule has 5 heteroatoms. The van der Waals surface area contributed by atoms with Gasteiger partial charge in [-0.15, -0.1) is 0 Å². The maximum absolute atomic E-state index is 13.6. The fraction of sp³-hybridized carbons (Fsp3) is 0.676. The first-order chi connectivity index (χ1) is 18.0. The summed E-state index contributed by atoms with van der Waals surface area (Å²) in [7, 11) is 0. The van der Waals surface area contributed by atoms with Crippen LogP contribution in [0, 0.1) is 28.1 Å². The molecule has 39 heavy (non-hydrogen) atoms. The van der Waals surface area contributed by atoms with Gasteiger partial charge in [-0.1, -0.05) is 57.6 Å². The van der Waals surface area contributed by atoms with Crippen LogP contribution in [0.5, 0.6) is 0 Å². The van der Waals surface area contributed by atoms with Gasteiger partial charge in [-0.25, -0.2) is 0 Å². The van der Waals surface area contributed by atoms with Crippen molar-refractivity contribution >= 4 is 17.7 Å². The van der Waals surface area contributed by atoms with Crippen molar-refractivity contribution in [1.82, 2.24) is 0 Å². The standard InChI is InChI=1S/C34H50O5/c1-21(2)14-15-27(38-24(5)35)22(3)12-11-13-23(4)31-26(37)20-29-33(9)19-17-30(39-25(6)36)32(7,8)28(33)16-18-34(29,31)10/h11-14,27-30H,15-20H2,1-10H3/b13-11+,22-12+,31-23-/t27-,28-,29-,30-,33-,34-/m0/s1. The molecule has 0 aromatic heterocycles. The number of rotatable bonds is 7. The molecule has 0 aromatic carbocycles. The van der Waals surface area contributed by atoms with Gasteiger partial charge in [-0.2, -0.15) is 0 Å². The predicted octanol–water partition coefficient (Wildman–Crippen LogP) is 7.86. The highest BCUT2D eigenvalue weighted by molar-refractivity contribution is 6.00. The first-order valence-corrected chi connectivity index (χ1v) is 14.6. The van der Waals surface area contributed by atoms with Gasteiger partial charge < -0.3 is 9.47 Å². The van der Waals surface area contributed by atoms with Gasteiger partial charge in [0.1, 0.15) is 12.2 Å². The zero-order valence-corrected chi connectivity index (χ0v) is 25.9. The summed E-state index contributed by atoms with van der Waals surface area (Å²) in [5.74, 6) is 0.451. The van der Waals surface area contributed by atoms with Crippen molar-refractivity contribution < 1.29 is 23.9 Å². The molecule has 0 unspecified atom stereocenters. The third kappa shape index (κ3) is 6.18. The van der Waals surface area contributed by atoms with E-state index < -0.39 is 0 Å². The highest BCUT2D eigenvalue weighted by atomic mass is 16.5. The second-order valence-corrected chi connectivity index (χ2v) is 13.6. The molecule has 0 saturated heterocycles. The number of hydrogen-bond acceptors (Lipinski definition) is 5. The van der Waals surface area contributed by atoms with E-state index >= 15 is 0 Å². The molecular formula is C34H50O5. The van der Waals surface area contributed by atoms with E-state index in [1.165, 1.54) is 19.4 Å². The van der Waals surface area contributed by atoms with Crippen LogP contribution in [0.1, 0.15) is 108 Å². The van der Waals surface area contributed by atoms with Crippen LogP contribution < -0.4 is 0 Å². The number of fused-ring (bicyclic) bond motifs is 3. The molecule has 3 aliphatic carbocycles. The van der Waals surface area contributed by atoms with Gasteiger partial charge in [0.15, 0.2) is 5.78 Å². The van der Waals surface area contributed by atoms with Gasteiger partial charge in [-0.3, -0.25) is 14.4 Å². The predicted molar refractivity (Wildman–Crippen MR) is 156 cm³/mol. The molecular weight excluding hydrogens is 488 g/mol. The maximum atomic E-state index is 13.6. The van der Waals surface area contributed by atoms with E-state index in [0.29, 0.717) is 18.8 Å². The lowest BCUT2D eigenvalue weighted by atomic mass is 9.43. The molecule has 5 nitrogen and oxygen atoms in total. The van der Waals surface area contributed by atoms with Crippen LogP contribution >= 0.6 is 0 Å². The number of ether oxygens (including phenoxy) is 2. The molecule has 3 fully saturated rings. The van der Waals surface area contributed by atoms with Crippen LogP contribution in [0.2, 0.25) is 0 Å². The van der Waals surface area contributed by atoms with Crippen LogP contribution in [0.3, 0.4) is 0 Å². The Morgan fingerprint density at radius 2 is 1.62 bits per heavy atom. The SMILES string of the molecule is CC(=O)O[C@@H](CC=C(C)C)/C(C)=C/C=C/C(C)=C1/C(=O)C[C@H]2[C@@]3(C)CC[C@H](OC(C)=O)C(C)(C)[C@@H]3CC[C@]12C. The van der Waals surface area contributed by atoms with Crippen molar-refractivity contribution in [2.24, 2.45) is 28.1 Å². The molecule has 6 atom stereocenters. The summed E-state index contributed by atoms with van der Waals surface area (Å²) < 4.78 is 11.3. The molecule has 216 valence electrons. The first-order valence-electron chi connectivity index (χ1n) is 14.6. The second kappa shape index (κ2) is 11.6. The maximum Gasteiger partial charge on any atom is 0.303 e. The Morgan fingerprint density at radius 3 is 2.21 bits per heavy atom. The third-order valence-electron chi connectivity index (χ3n) is 10.2. The topological polar surface area (TPSA) is 69.7 Å². The zero-order chi connectivity index (χ0) is 29.3. The summed E-state index contributed by atoms with van der Waals surface area (Å²) in [6.45, 7) is 20.2. The molecule has 0 amide bonds. The molecule has 0 aliphatic heterocycles. The summed E-state index contributed by atoms with van der Waals surface area (Å²) >= 11 is 0. The Labute approximate surface area is 236 Å². The quantitative estimate of drug-likeness (QED) is 0.143. The molecule has 0 spiro atoms. The minimum atomic E-state index is -0.300. The average molecular weight is 539 g/mol. The van der Waals surface area contributed by atoms with Crippen molar-refractivity contribution in [2.45, 2.75) is 120 Å². The Bertz CT molecular complexity index is 1110. The summed E-state index contributed by atoms with van der Waals surface area (Å²) in [6.07, 6.45) is 12.8. The normalized spacial score (nSPS) is 34.2. The number of ketones is 1. The molecule has 0 N–H and O–H groups in total. The summed E-state index contributed by atoms with van der Waals surface area (Å²) in [5.41, 5.74) is 3.89. The van der Waals surface area contributed by atoms with Crippen LogP contribution in [-0.2, 0) is 23.9 Å². The molecule has 0 bridgehead atoms. The van der Waals surface area contributed by atoms with Crippen LogP contribution in [0.15, 0.2) is 46.6 Å². The second-order valence-electron chi connectivity index (χ2n) is 13.6. The van der Waals surface area contributed by atoms with Crippen molar-refractivity contribution in [2.75, 3.05) is 0 Å². The largest absolute Gasteiger partial charge is 0.462 e. The van der Waals surface area contributed by atoms with Crippen LogP contribution in [0.25, 0.3) is 0 Å². The van der Waals surface area contributed by atoms with Gasteiger partial charge in [0.2, 0.25) is 0 Å². The van der Waals surface area contributed by atoms with E-state index in [4.69, 9.17) is 9.47 Å². The van der Waals surface area contributed by atoms with Gasteiger partial charge in [0.25, 0.3) is 0 Å². The molecule has 3 rings (SSSR count). The van der Waals surface area contributed by atoms with Crippen molar-refractivity contribution in [1.29, 1.82) is 0 Å². The van der Waals surface area contributed by atoms with Gasteiger partial charge >= 0.3 is 11.9 Å². The monoisotopic (exact) mass is 538 g/mol. The summed E-state index contributed by atoms with van der Waals surface area (Å²) in [4.78, 5) is 37.0. The van der Waals surface area contributed by atoms with Gasteiger partial charge in [-0.05, 0) is 81.8 Å². The Morgan fingerprint density at radius 1 is 0.949 bits per heavy atom. The van der Waals surface area contributed by atoms with Crippen molar-refractivity contribution in [3.05, 3.63) is 46.6 Å². The minimum Gasteiger partial charge on any atom is -0.462 e. The van der Waals surface area contributed by atoms with E-state index in [1.54, 1.807) is 0 Å². The lowest BCUT2D eigenvalue weighted by molar-refractivity contribution is -0.185. The lowest BCUT2D eigenvalue weighted by Gasteiger charge is -2.62. The van der Waals surface area contributed by atoms with E-state index in [9.17, 15) is 14.4 Å². The third-order valence-corrected chi connectivity index (χ3v) is 10.2. The highest BCUT2D eigenvalue weighted by Crippen LogP contribution is 2.69. The van der Waals surface area contributed by atoms with E-state index in [-0.39, 0.29) is 52.1 Å². The Hall–Kier alpha value is -2.43. The molecule has 3 saturated carbocycles. The zero-order valence-electron chi connectivity index (χ0n) is 25.9. The Balaban J connectivity index is 1.88. The van der Waals surface area contributed by atoms with Crippen molar-refractivity contribution in [3.8, 4) is 0 Å². The smallest absolute Gasteiger partial charge is 0.303 e. The number of allylic oxidation sites excluding steroid dienone is 6. The number of esters is 2. The molecule has 0 radical (unpaired) electrons. The number of carbonyl (C=O) groups is 3. The van der Waals surface area contributed by atoms with Crippen LogP contribution in [-0.4, -0.2) is 29.9 Å². The van der Waals surface area contributed by atoms with Crippen molar-refractivity contribution in [3.63, 3.8) is 0 Å². The fourth-order valence-electron chi connectivity index (χ4n) is 8.38. The minimum absolute atomic E-state index is 0.0211. The fourth-order valence-corrected chi connectivity index (χ4v) is 8.38. The number of hydrogen-bond donors (Lipinski definition) is 0. The highest BCUT2D eigenvalue weighted by Gasteiger charge is 2.65. The summed E-state index contributed by atoms with van der Waals surface area (Å²) in [6, 6.07) is 0. The van der Waals surface area contributed by atoms with E-state index in [1.807, 2.05) is 39.0 Å². The van der Waals surface area contributed by atoms with Gasteiger partial charge in [0.05, 0.1) is 0 Å². The van der Waals surface area contributed by atoms with E-state index in [0.717, 1.165) is 42.4 Å². The molecule has 0 aromatic rings. The molecule has 0 heterocycles. The Kier molecular flexibility index (Phi) is 9.24. The average Bonchev–Trinajstić information content (AvgIpc) is 3.09. The first kappa shape index (κ1) is 31.1. The molecule has 3 aliphatic rings. The van der Waals surface area contributed by atoms with E-state index in [2.05, 4.69) is 40.7 Å². The summed E-state index contributed by atoms with van der Waals surface area (Å²) in [5, 5.41) is 0. The van der Waals surface area contributed by atoms with Gasteiger partial charge in [0, 0.05) is 43.1 Å². The van der Waals surface area contributed by atoms with Crippen LogP contribution in [0.4, 0.5) is 0 Å².